The molecule has 0 heterocycles. The monoisotopic (exact) mass is 288 g/mol. The first-order valence-electron chi connectivity index (χ1n) is 8.47. The van der Waals surface area contributed by atoms with Crippen molar-refractivity contribution in [1.29, 1.82) is 0 Å². The second-order valence-corrected chi connectivity index (χ2v) is 6.45. The number of aldehydes is 1. The molecule has 2 heteroatoms. The maximum Gasteiger partial charge on any atom is 0.150 e. The predicted octanol–water partition coefficient (Wildman–Crippen LogP) is 4.85. The van der Waals surface area contributed by atoms with Gasteiger partial charge in [-0.05, 0) is 48.6 Å². The van der Waals surface area contributed by atoms with Crippen molar-refractivity contribution in [1.82, 2.24) is 0 Å². The minimum Gasteiger partial charge on any atom is -0.392 e. The third-order valence-corrected chi connectivity index (χ3v) is 5.00. The summed E-state index contributed by atoms with van der Waals surface area (Å²) >= 11 is 0. The minimum absolute atomic E-state index is 0.0473. The zero-order valence-electron chi connectivity index (χ0n) is 13.2. The molecule has 1 saturated carbocycles. The van der Waals surface area contributed by atoms with Crippen LogP contribution in [0.3, 0.4) is 0 Å². The van der Waals surface area contributed by atoms with Crippen molar-refractivity contribution >= 4 is 6.29 Å². The number of aliphatic hydroxyl groups excluding tert-OH is 1. The van der Waals surface area contributed by atoms with Crippen LogP contribution in [0.4, 0.5) is 0 Å². The van der Waals surface area contributed by atoms with Gasteiger partial charge in [0.2, 0.25) is 0 Å². The second-order valence-electron chi connectivity index (χ2n) is 6.45. The Labute approximate surface area is 128 Å². The summed E-state index contributed by atoms with van der Waals surface area (Å²) in [6, 6.07) is 5.97. The molecule has 116 valence electrons. The minimum atomic E-state index is -0.0473. The molecule has 0 spiro atoms. The van der Waals surface area contributed by atoms with Crippen molar-refractivity contribution in [2.24, 2.45) is 5.92 Å². The summed E-state index contributed by atoms with van der Waals surface area (Å²) in [6.45, 7) is 2.22. The number of benzene rings is 1. The lowest BCUT2D eigenvalue weighted by Crippen LogP contribution is -2.13. The fourth-order valence-electron chi connectivity index (χ4n) is 3.60. The first kappa shape index (κ1) is 16.2. The average molecular weight is 288 g/mol. The summed E-state index contributed by atoms with van der Waals surface area (Å²) in [5, 5.41) is 9.38. The van der Waals surface area contributed by atoms with Gasteiger partial charge in [0.15, 0.2) is 0 Å². The van der Waals surface area contributed by atoms with Crippen molar-refractivity contribution in [3.8, 4) is 0 Å². The van der Waals surface area contributed by atoms with Crippen molar-refractivity contribution in [3.05, 3.63) is 34.9 Å². The molecule has 1 N–H and O–H groups in total. The highest BCUT2D eigenvalue weighted by molar-refractivity contribution is 5.77. The lowest BCUT2D eigenvalue weighted by molar-refractivity contribution is 0.112. The van der Waals surface area contributed by atoms with Crippen molar-refractivity contribution in [3.63, 3.8) is 0 Å². The molecule has 1 aromatic rings. The van der Waals surface area contributed by atoms with Crippen molar-refractivity contribution in [2.45, 2.75) is 70.8 Å². The smallest absolute Gasteiger partial charge is 0.150 e. The molecule has 0 bridgehead atoms. The average Bonchev–Trinajstić information content (AvgIpc) is 2.55. The molecule has 0 aliphatic heterocycles. The van der Waals surface area contributed by atoms with E-state index in [-0.39, 0.29) is 6.61 Å². The fraction of sp³-hybridized carbons (Fsp3) is 0.632. The molecule has 1 aliphatic carbocycles. The number of aliphatic hydroxyl groups is 1. The number of rotatable bonds is 7. The van der Waals surface area contributed by atoms with Crippen LogP contribution in [0, 0.1) is 5.92 Å². The van der Waals surface area contributed by atoms with Crippen molar-refractivity contribution < 1.29 is 9.90 Å². The topological polar surface area (TPSA) is 37.3 Å². The molecule has 0 unspecified atom stereocenters. The lowest BCUT2D eigenvalue weighted by Gasteiger charge is -2.29. The van der Waals surface area contributed by atoms with Gasteiger partial charge in [-0.1, -0.05) is 50.8 Å². The van der Waals surface area contributed by atoms with E-state index in [1.807, 2.05) is 12.1 Å². The molecule has 0 aromatic heterocycles. The first-order valence-corrected chi connectivity index (χ1v) is 8.47. The van der Waals surface area contributed by atoms with Crippen LogP contribution >= 0.6 is 0 Å². The van der Waals surface area contributed by atoms with E-state index in [2.05, 4.69) is 13.0 Å². The van der Waals surface area contributed by atoms with Gasteiger partial charge in [0.25, 0.3) is 0 Å². The molecule has 1 fully saturated rings. The van der Waals surface area contributed by atoms with Crippen LogP contribution in [0.5, 0.6) is 0 Å². The van der Waals surface area contributed by atoms with Crippen LogP contribution in [0.1, 0.15) is 85.7 Å². The number of carbonyl (C=O) groups is 1. The zero-order chi connectivity index (χ0) is 15.1. The summed E-state index contributed by atoms with van der Waals surface area (Å²) in [4.78, 5) is 10.9. The van der Waals surface area contributed by atoms with Crippen LogP contribution < -0.4 is 0 Å². The molecule has 0 radical (unpaired) electrons. The van der Waals surface area contributed by atoms with Crippen LogP contribution in [-0.2, 0) is 6.61 Å². The Balaban J connectivity index is 1.91. The number of carbonyl (C=O) groups excluding carboxylic acids is 1. The largest absolute Gasteiger partial charge is 0.392 e. The Kier molecular flexibility index (Phi) is 6.44. The highest BCUT2D eigenvalue weighted by atomic mass is 16.3. The molecule has 0 atom stereocenters. The first-order chi connectivity index (χ1) is 10.3. The van der Waals surface area contributed by atoms with E-state index < -0.39 is 0 Å². The Morgan fingerprint density at radius 1 is 1.19 bits per heavy atom. The summed E-state index contributed by atoms with van der Waals surface area (Å²) in [5.74, 6) is 1.53. The van der Waals surface area contributed by atoms with Crippen LogP contribution in [0.25, 0.3) is 0 Å². The predicted molar refractivity (Wildman–Crippen MR) is 86.6 cm³/mol. The van der Waals surface area contributed by atoms with Gasteiger partial charge in [0.05, 0.1) is 6.61 Å². The molecule has 21 heavy (non-hydrogen) atoms. The molecular weight excluding hydrogens is 260 g/mol. The molecular formula is C19H28O2. The van der Waals surface area contributed by atoms with Crippen molar-refractivity contribution in [2.75, 3.05) is 0 Å². The van der Waals surface area contributed by atoms with Crippen LogP contribution in [0.2, 0.25) is 0 Å². The van der Waals surface area contributed by atoms with E-state index in [1.54, 1.807) is 0 Å². The van der Waals surface area contributed by atoms with Gasteiger partial charge < -0.3 is 5.11 Å². The van der Waals surface area contributed by atoms with Gasteiger partial charge in [-0.15, -0.1) is 0 Å². The molecule has 0 amide bonds. The standard InChI is InChI=1S/C19H28O2/c1-2-3-4-5-15-6-8-16(9-7-15)17-10-11-18(13-20)19(12-17)14-21/h10-13,15-16,21H,2-9,14H2,1H3. The van der Waals surface area contributed by atoms with E-state index in [0.29, 0.717) is 11.5 Å². The van der Waals surface area contributed by atoms with Gasteiger partial charge in [0.1, 0.15) is 6.29 Å². The fourth-order valence-corrected chi connectivity index (χ4v) is 3.60. The van der Waals surface area contributed by atoms with E-state index in [0.717, 1.165) is 17.8 Å². The van der Waals surface area contributed by atoms with Crippen LogP contribution in [-0.4, -0.2) is 11.4 Å². The molecule has 1 aromatic carbocycles. The molecule has 1 aliphatic rings. The third kappa shape index (κ3) is 4.41. The normalized spacial score (nSPS) is 22.2. The summed E-state index contributed by atoms with van der Waals surface area (Å²) < 4.78 is 0. The lowest BCUT2D eigenvalue weighted by atomic mass is 9.76. The van der Waals surface area contributed by atoms with E-state index in [1.165, 1.54) is 56.9 Å². The summed E-state index contributed by atoms with van der Waals surface area (Å²) in [5.41, 5.74) is 2.69. The number of hydrogen-bond donors (Lipinski definition) is 1. The van der Waals surface area contributed by atoms with Gasteiger partial charge in [-0.25, -0.2) is 0 Å². The Morgan fingerprint density at radius 2 is 1.95 bits per heavy atom. The Bertz CT molecular complexity index is 445. The van der Waals surface area contributed by atoms with Gasteiger partial charge in [-0.2, -0.15) is 0 Å². The maximum absolute atomic E-state index is 10.9. The summed E-state index contributed by atoms with van der Waals surface area (Å²) in [6.07, 6.45) is 11.5. The van der Waals surface area contributed by atoms with E-state index in [4.69, 9.17) is 0 Å². The zero-order valence-corrected chi connectivity index (χ0v) is 13.2. The quantitative estimate of drug-likeness (QED) is 0.575. The van der Waals surface area contributed by atoms with Crippen LogP contribution in [0.15, 0.2) is 18.2 Å². The SMILES string of the molecule is CCCCCC1CCC(c2ccc(C=O)c(CO)c2)CC1. The summed E-state index contributed by atoms with van der Waals surface area (Å²) in [7, 11) is 0. The number of unbranched alkanes of at least 4 members (excludes halogenated alkanes) is 2. The highest BCUT2D eigenvalue weighted by Crippen LogP contribution is 2.38. The van der Waals surface area contributed by atoms with E-state index in [9.17, 15) is 9.90 Å². The highest BCUT2D eigenvalue weighted by Gasteiger charge is 2.22. The number of hydrogen-bond acceptors (Lipinski definition) is 2. The van der Waals surface area contributed by atoms with Gasteiger partial charge in [0, 0.05) is 5.56 Å². The van der Waals surface area contributed by atoms with E-state index >= 15 is 0 Å². The molecule has 2 nitrogen and oxygen atoms in total. The second kappa shape index (κ2) is 8.33. The third-order valence-electron chi connectivity index (χ3n) is 5.00. The molecule has 2 rings (SSSR count). The molecule has 0 saturated heterocycles. The Morgan fingerprint density at radius 3 is 2.57 bits per heavy atom. The van der Waals surface area contributed by atoms with Gasteiger partial charge >= 0.3 is 0 Å². The van der Waals surface area contributed by atoms with Gasteiger partial charge in [-0.3, -0.25) is 4.79 Å². The Hall–Kier alpha value is -1.15. The maximum atomic E-state index is 10.9.